The molecule has 0 saturated heterocycles. The van der Waals surface area contributed by atoms with E-state index >= 15 is 0 Å². The summed E-state index contributed by atoms with van der Waals surface area (Å²) in [5.74, 6) is 1.35. The van der Waals surface area contributed by atoms with Gasteiger partial charge in [-0.2, -0.15) is 0 Å². The molecule has 0 unspecified atom stereocenters. The number of benzene rings is 2. The first-order chi connectivity index (χ1) is 10.5. The third-order valence-electron chi connectivity index (χ3n) is 3.33. The highest BCUT2D eigenvalue weighted by Gasteiger charge is 2.14. The predicted octanol–water partition coefficient (Wildman–Crippen LogP) is 3.63. The third-order valence-corrected chi connectivity index (χ3v) is 3.57. The monoisotopic (exact) mass is 319 g/mol. The number of carbonyl (C=O) groups excluding carboxylic acids is 1. The van der Waals surface area contributed by atoms with E-state index in [2.05, 4.69) is 0 Å². The Balaban J connectivity index is 2.15. The molecular formula is C17H18ClNO3. The van der Waals surface area contributed by atoms with Crippen LogP contribution >= 0.6 is 11.6 Å². The quantitative estimate of drug-likeness (QED) is 0.844. The van der Waals surface area contributed by atoms with Gasteiger partial charge in [0.25, 0.3) is 5.91 Å². The molecule has 0 saturated carbocycles. The van der Waals surface area contributed by atoms with Crippen molar-refractivity contribution in [3.8, 4) is 11.5 Å². The van der Waals surface area contributed by atoms with E-state index in [9.17, 15) is 4.79 Å². The van der Waals surface area contributed by atoms with Crippen LogP contribution in [0.5, 0.6) is 11.5 Å². The normalized spacial score (nSPS) is 10.2. The lowest BCUT2D eigenvalue weighted by Crippen LogP contribution is -2.26. The summed E-state index contributed by atoms with van der Waals surface area (Å²) in [5, 5.41) is 0.612. The molecule has 22 heavy (non-hydrogen) atoms. The number of amides is 1. The van der Waals surface area contributed by atoms with Gasteiger partial charge in [-0.3, -0.25) is 4.79 Å². The van der Waals surface area contributed by atoms with Crippen LogP contribution in [0.2, 0.25) is 5.02 Å². The van der Waals surface area contributed by atoms with E-state index in [1.54, 1.807) is 68.6 Å². The summed E-state index contributed by atoms with van der Waals surface area (Å²) in [6.45, 7) is 0.411. The number of halogens is 1. The Bertz CT molecular complexity index is 655. The summed E-state index contributed by atoms with van der Waals surface area (Å²) in [5.41, 5.74) is 1.46. The molecule has 0 aliphatic carbocycles. The van der Waals surface area contributed by atoms with Gasteiger partial charge in [0.15, 0.2) is 0 Å². The molecule has 4 nitrogen and oxygen atoms in total. The van der Waals surface area contributed by atoms with Gasteiger partial charge in [-0.15, -0.1) is 0 Å². The summed E-state index contributed by atoms with van der Waals surface area (Å²) in [6.07, 6.45) is 0. The fourth-order valence-electron chi connectivity index (χ4n) is 2.15. The van der Waals surface area contributed by atoms with Crippen LogP contribution < -0.4 is 9.47 Å². The van der Waals surface area contributed by atoms with Gasteiger partial charge in [0.05, 0.1) is 14.2 Å². The van der Waals surface area contributed by atoms with E-state index in [1.165, 1.54) is 0 Å². The van der Waals surface area contributed by atoms with Crippen molar-refractivity contribution in [2.75, 3.05) is 21.3 Å². The second kappa shape index (κ2) is 7.18. The SMILES string of the molecule is COc1ccc(C(=O)N(C)Cc2cc(Cl)ccc2OC)cc1. The topological polar surface area (TPSA) is 38.8 Å². The second-order valence-electron chi connectivity index (χ2n) is 4.85. The molecule has 0 radical (unpaired) electrons. The Morgan fingerprint density at radius 3 is 2.36 bits per heavy atom. The zero-order valence-electron chi connectivity index (χ0n) is 12.8. The Hall–Kier alpha value is -2.20. The number of carbonyl (C=O) groups is 1. The summed E-state index contributed by atoms with van der Waals surface area (Å²) in [4.78, 5) is 14.1. The largest absolute Gasteiger partial charge is 0.497 e. The van der Waals surface area contributed by atoms with Crippen molar-refractivity contribution in [1.29, 1.82) is 0 Å². The van der Waals surface area contributed by atoms with Crippen LogP contribution in [0.1, 0.15) is 15.9 Å². The minimum Gasteiger partial charge on any atom is -0.497 e. The molecule has 2 aromatic carbocycles. The van der Waals surface area contributed by atoms with E-state index in [1.807, 2.05) is 0 Å². The lowest BCUT2D eigenvalue weighted by atomic mass is 10.1. The van der Waals surface area contributed by atoms with Crippen LogP contribution in [-0.4, -0.2) is 32.1 Å². The maximum atomic E-state index is 12.4. The van der Waals surface area contributed by atoms with Crippen LogP contribution in [-0.2, 0) is 6.54 Å². The van der Waals surface area contributed by atoms with Crippen molar-refractivity contribution in [3.05, 3.63) is 58.6 Å². The fourth-order valence-corrected chi connectivity index (χ4v) is 2.35. The fraction of sp³-hybridized carbons (Fsp3) is 0.235. The smallest absolute Gasteiger partial charge is 0.253 e. The summed E-state index contributed by atoms with van der Waals surface area (Å²) in [7, 11) is 4.93. The lowest BCUT2D eigenvalue weighted by Gasteiger charge is -2.19. The molecule has 1 amide bonds. The van der Waals surface area contributed by atoms with Gasteiger partial charge in [-0.1, -0.05) is 11.6 Å². The molecule has 116 valence electrons. The van der Waals surface area contributed by atoms with Crippen molar-refractivity contribution < 1.29 is 14.3 Å². The number of methoxy groups -OCH3 is 2. The number of nitrogens with zero attached hydrogens (tertiary/aromatic N) is 1. The van der Waals surface area contributed by atoms with E-state index in [0.717, 1.165) is 11.3 Å². The first-order valence-electron chi connectivity index (χ1n) is 6.77. The molecule has 0 heterocycles. The average Bonchev–Trinajstić information content (AvgIpc) is 2.54. The van der Waals surface area contributed by atoms with Gasteiger partial charge in [0, 0.05) is 29.7 Å². The number of rotatable bonds is 5. The highest BCUT2D eigenvalue weighted by molar-refractivity contribution is 6.30. The van der Waals surface area contributed by atoms with Crippen LogP contribution in [0.25, 0.3) is 0 Å². The summed E-state index contributed by atoms with van der Waals surface area (Å²) < 4.78 is 10.4. The molecule has 0 spiro atoms. The second-order valence-corrected chi connectivity index (χ2v) is 5.28. The molecular weight excluding hydrogens is 302 g/mol. The Morgan fingerprint density at radius 1 is 1.09 bits per heavy atom. The molecule has 5 heteroatoms. The molecule has 0 N–H and O–H groups in total. The number of hydrogen-bond donors (Lipinski definition) is 0. The molecule has 0 fully saturated rings. The molecule has 0 aliphatic rings. The minimum absolute atomic E-state index is 0.0790. The highest BCUT2D eigenvalue weighted by Crippen LogP contribution is 2.24. The van der Waals surface area contributed by atoms with Crippen LogP contribution in [0, 0.1) is 0 Å². The molecule has 0 aliphatic heterocycles. The van der Waals surface area contributed by atoms with E-state index in [-0.39, 0.29) is 5.91 Å². The van der Waals surface area contributed by atoms with Crippen molar-refractivity contribution in [3.63, 3.8) is 0 Å². The molecule has 0 bridgehead atoms. The zero-order valence-corrected chi connectivity index (χ0v) is 13.6. The standard InChI is InChI=1S/C17H18ClNO3/c1-19(11-13-10-14(18)6-9-16(13)22-3)17(20)12-4-7-15(21-2)8-5-12/h4-10H,11H2,1-3H3. The van der Waals surface area contributed by atoms with E-state index < -0.39 is 0 Å². The number of ether oxygens (including phenoxy) is 2. The summed E-state index contributed by atoms with van der Waals surface area (Å²) >= 11 is 6.01. The molecule has 0 aromatic heterocycles. The van der Waals surface area contributed by atoms with E-state index in [4.69, 9.17) is 21.1 Å². The van der Waals surface area contributed by atoms with Gasteiger partial charge >= 0.3 is 0 Å². The van der Waals surface area contributed by atoms with Crippen LogP contribution in [0.3, 0.4) is 0 Å². The zero-order chi connectivity index (χ0) is 16.1. The molecule has 2 rings (SSSR count). The van der Waals surface area contributed by atoms with Gasteiger partial charge in [0.2, 0.25) is 0 Å². The Kier molecular flexibility index (Phi) is 5.28. The van der Waals surface area contributed by atoms with Crippen LogP contribution in [0.4, 0.5) is 0 Å². The van der Waals surface area contributed by atoms with Crippen molar-refractivity contribution in [2.45, 2.75) is 6.54 Å². The number of hydrogen-bond acceptors (Lipinski definition) is 3. The Labute approximate surface area is 135 Å². The Morgan fingerprint density at radius 2 is 1.77 bits per heavy atom. The van der Waals surface area contributed by atoms with Crippen molar-refractivity contribution in [1.82, 2.24) is 4.90 Å². The average molecular weight is 320 g/mol. The summed E-state index contributed by atoms with van der Waals surface area (Å²) in [6, 6.07) is 12.4. The van der Waals surface area contributed by atoms with Crippen molar-refractivity contribution >= 4 is 17.5 Å². The van der Waals surface area contributed by atoms with Gasteiger partial charge < -0.3 is 14.4 Å². The maximum Gasteiger partial charge on any atom is 0.253 e. The van der Waals surface area contributed by atoms with Crippen LogP contribution in [0.15, 0.2) is 42.5 Å². The first-order valence-corrected chi connectivity index (χ1v) is 7.15. The minimum atomic E-state index is -0.0790. The van der Waals surface area contributed by atoms with E-state index in [0.29, 0.717) is 22.9 Å². The van der Waals surface area contributed by atoms with Crippen molar-refractivity contribution in [2.24, 2.45) is 0 Å². The predicted molar refractivity (Wildman–Crippen MR) is 86.8 cm³/mol. The maximum absolute atomic E-state index is 12.4. The van der Waals surface area contributed by atoms with Gasteiger partial charge in [-0.25, -0.2) is 0 Å². The third kappa shape index (κ3) is 3.71. The van der Waals surface area contributed by atoms with Gasteiger partial charge in [-0.05, 0) is 42.5 Å². The lowest BCUT2D eigenvalue weighted by molar-refractivity contribution is 0.0784. The molecule has 2 aromatic rings. The first kappa shape index (κ1) is 16.2. The van der Waals surface area contributed by atoms with Gasteiger partial charge in [0.1, 0.15) is 11.5 Å². The highest BCUT2D eigenvalue weighted by atomic mass is 35.5. The molecule has 0 atom stereocenters.